The van der Waals surface area contributed by atoms with Gasteiger partial charge in [-0.25, -0.2) is 0 Å². The molecule has 1 N–H and O–H groups in total. The van der Waals surface area contributed by atoms with Crippen molar-refractivity contribution in [1.29, 1.82) is 0 Å². The number of nitrogens with one attached hydrogen (secondary N) is 1. The van der Waals surface area contributed by atoms with Crippen LogP contribution in [0.3, 0.4) is 0 Å². The van der Waals surface area contributed by atoms with Crippen LogP contribution < -0.4 is 19.7 Å². The van der Waals surface area contributed by atoms with Gasteiger partial charge in [0.25, 0.3) is 0 Å². The number of fused-ring (bicyclic) bond motifs is 2. The SMILES string of the molecule is O=C(Nc1ccc2c(c1)OCCCO2)[C@@H]1CC(=O)N(c2cccc3ccccc23)C1. The van der Waals surface area contributed by atoms with Crippen LogP contribution in [0.1, 0.15) is 12.8 Å². The van der Waals surface area contributed by atoms with Gasteiger partial charge in [-0.3, -0.25) is 9.59 Å². The molecular weight excluding hydrogens is 380 g/mol. The number of hydrogen-bond acceptors (Lipinski definition) is 4. The number of anilines is 2. The fourth-order valence-corrected chi connectivity index (χ4v) is 4.05. The highest BCUT2D eigenvalue weighted by Gasteiger charge is 2.35. The lowest BCUT2D eigenvalue weighted by molar-refractivity contribution is -0.122. The van der Waals surface area contributed by atoms with Crippen LogP contribution in [0.15, 0.2) is 60.7 Å². The average Bonchev–Trinajstić information content (AvgIpc) is 3.00. The second-order valence-electron chi connectivity index (χ2n) is 7.60. The van der Waals surface area contributed by atoms with E-state index < -0.39 is 5.92 Å². The molecule has 0 unspecified atom stereocenters. The Balaban J connectivity index is 1.33. The summed E-state index contributed by atoms with van der Waals surface area (Å²) in [6.45, 7) is 1.57. The van der Waals surface area contributed by atoms with E-state index in [1.54, 1.807) is 23.1 Å². The van der Waals surface area contributed by atoms with Gasteiger partial charge in [0, 0.05) is 36.5 Å². The molecule has 152 valence electrons. The van der Waals surface area contributed by atoms with Gasteiger partial charge in [0.1, 0.15) is 0 Å². The Bertz CT molecular complexity index is 1120. The Morgan fingerprint density at radius 2 is 1.77 bits per heavy atom. The van der Waals surface area contributed by atoms with Gasteiger partial charge in [-0.1, -0.05) is 36.4 Å². The summed E-state index contributed by atoms with van der Waals surface area (Å²) >= 11 is 0. The molecule has 6 heteroatoms. The molecule has 30 heavy (non-hydrogen) atoms. The molecule has 2 aliphatic heterocycles. The van der Waals surface area contributed by atoms with Crippen LogP contribution in [0, 0.1) is 5.92 Å². The number of nitrogens with zero attached hydrogens (tertiary/aromatic N) is 1. The summed E-state index contributed by atoms with van der Waals surface area (Å²) in [6, 6.07) is 19.2. The van der Waals surface area contributed by atoms with Crippen molar-refractivity contribution < 1.29 is 19.1 Å². The number of ether oxygens (including phenoxy) is 2. The lowest BCUT2D eigenvalue weighted by Gasteiger charge is -2.19. The van der Waals surface area contributed by atoms with Gasteiger partial charge < -0.3 is 19.7 Å². The van der Waals surface area contributed by atoms with E-state index in [9.17, 15) is 9.59 Å². The van der Waals surface area contributed by atoms with Crippen LogP contribution in [0.4, 0.5) is 11.4 Å². The number of hydrogen-bond donors (Lipinski definition) is 1. The van der Waals surface area contributed by atoms with Gasteiger partial charge in [0.05, 0.1) is 24.8 Å². The topological polar surface area (TPSA) is 67.9 Å². The van der Waals surface area contributed by atoms with Crippen LogP contribution >= 0.6 is 0 Å². The third-order valence-corrected chi connectivity index (χ3v) is 5.57. The standard InChI is InChI=1S/C24H22N2O4/c27-23-13-17(15-26(23)20-8-3-6-16-5-1-2-7-19(16)20)24(28)25-18-9-10-21-22(14-18)30-12-4-11-29-21/h1-3,5-10,14,17H,4,11-13,15H2,(H,25,28)/t17-/m1/s1. The summed E-state index contributed by atoms with van der Waals surface area (Å²) in [5.41, 5.74) is 1.49. The van der Waals surface area contributed by atoms with Crippen LogP contribution in [0.2, 0.25) is 0 Å². The second-order valence-corrected chi connectivity index (χ2v) is 7.60. The van der Waals surface area contributed by atoms with E-state index in [-0.39, 0.29) is 18.2 Å². The normalized spacial score (nSPS) is 18.3. The zero-order valence-electron chi connectivity index (χ0n) is 16.5. The minimum atomic E-state index is -0.410. The van der Waals surface area contributed by atoms with E-state index >= 15 is 0 Å². The first-order valence-corrected chi connectivity index (χ1v) is 10.2. The van der Waals surface area contributed by atoms with Crippen molar-refractivity contribution >= 4 is 34.0 Å². The Morgan fingerprint density at radius 3 is 2.67 bits per heavy atom. The lowest BCUT2D eigenvalue weighted by atomic mass is 10.1. The molecule has 3 aromatic carbocycles. The first kappa shape index (κ1) is 18.5. The quantitative estimate of drug-likeness (QED) is 0.719. The van der Waals surface area contributed by atoms with Crippen LogP contribution in [0.5, 0.6) is 11.5 Å². The average molecular weight is 402 g/mol. The highest BCUT2D eigenvalue weighted by molar-refractivity contribution is 6.08. The minimum absolute atomic E-state index is 0.0369. The highest BCUT2D eigenvalue weighted by Crippen LogP contribution is 2.34. The van der Waals surface area contributed by atoms with Crippen molar-refractivity contribution in [2.45, 2.75) is 12.8 Å². The van der Waals surface area contributed by atoms with Gasteiger partial charge in [-0.15, -0.1) is 0 Å². The van der Waals surface area contributed by atoms with Crippen molar-refractivity contribution in [3.05, 3.63) is 60.7 Å². The predicted octanol–water partition coefficient (Wildman–Crippen LogP) is 3.99. The second kappa shape index (κ2) is 7.71. The van der Waals surface area contributed by atoms with E-state index in [2.05, 4.69) is 5.32 Å². The maximum absolute atomic E-state index is 12.9. The zero-order valence-corrected chi connectivity index (χ0v) is 16.5. The first-order valence-electron chi connectivity index (χ1n) is 10.2. The lowest BCUT2D eigenvalue weighted by Crippen LogP contribution is -2.28. The summed E-state index contributed by atoms with van der Waals surface area (Å²) in [7, 11) is 0. The number of benzene rings is 3. The molecule has 2 heterocycles. The molecule has 1 fully saturated rings. The molecule has 6 nitrogen and oxygen atoms in total. The molecular formula is C24H22N2O4. The third kappa shape index (κ3) is 3.45. The highest BCUT2D eigenvalue weighted by atomic mass is 16.5. The van der Waals surface area contributed by atoms with Gasteiger partial charge in [0.15, 0.2) is 11.5 Å². The summed E-state index contributed by atoms with van der Waals surface area (Å²) < 4.78 is 11.3. The Labute approximate surface area is 174 Å². The molecule has 3 aromatic rings. The summed E-state index contributed by atoms with van der Waals surface area (Å²) in [4.78, 5) is 27.3. The molecule has 1 saturated heterocycles. The summed E-state index contributed by atoms with van der Waals surface area (Å²) in [5, 5.41) is 5.01. The fraction of sp³-hybridized carbons (Fsp3) is 0.250. The Hall–Kier alpha value is -3.54. The molecule has 1 atom stereocenters. The van der Waals surface area contributed by atoms with E-state index in [4.69, 9.17) is 9.47 Å². The van der Waals surface area contributed by atoms with E-state index in [0.717, 1.165) is 22.9 Å². The van der Waals surface area contributed by atoms with E-state index in [1.165, 1.54) is 0 Å². The smallest absolute Gasteiger partial charge is 0.229 e. The van der Waals surface area contributed by atoms with Crippen molar-refractivity contribution in [1.82, 2.24) is 0 Å². The van der Waals surface area contributed by atoms with Crippen LogP contribution in [-0.4, -0.2) is 31.6 Å². The summed E-state index contributed by atoms with van der Waals surface area (Å²) in [6.07, 6.45) is 1.02. The third-order valence-electron chi connectivity index (χ3n) is 5.57. The van der Waals surface area contributed by atoms with E-state index in [0.29, 0.717) is 36.9 Å². The molecule has 2 amide bonds. The van der Waals surface area contributed by atoms with Crippen molar-refractivity contribution in [2.75, 3.05) is 30.0 Å². The molecule has 0 bridgehead atoms. The predicted molar refractivity (Wildman–Crippen MR) is 115 cm³/mol. The maximum Gasteiger partial charge on any atom is 0.229 e. The number of amides is 2. The van der Waals surface area contributed by atoms with Gasteiger partial charge in [-0.05, 0) is 23.6 Å². The van der Waals surface area contributed by atoms with Crippen molar-refractivity contribution in [3.63, 3.8) is 0 Å². The van der Waals surface area contributed by atoms with Crippen molar-refractivity contribution in [3.8, 4) is 11.5 Å². The van der Waals surface area contributed by atoms with Gasteiger partial charge >= 0.3 is 0 Å². The Morgan fingerprint density at radius 1 is 0.967 bits per heavy atom. The molecule has 0 saturated carbocycles. The maximum atomic E-state index is 12.9. The van der Waals surface area contributed by atoms with E-state index in [1.807, 2.05) is 42.5 Å². The largest absolute Gasteiger partial charge is 0.490 e. The van der Waals surface area contributed by atoms with Crippen LogP contribution in [-0.2, 0) is 9.59 Å². The summed E-state index contributed by atoms with van der Waals surface area (Å²) in [5.74, 6) is 0.701. The van der Waals surface area contributed by atoms with Gasteiger partial charge in [0.2, 0.25) is 11.8 Å². The Kier molecular flexibility index (Phi) is 4.75. The zero-order chi connectivity index (χ0) is 20.5. The molecule has 5 rings (SSSR count). The van der Waals surface area contributed by atoms with Crippen molar-refractivity contribution in [2.24, 2.45) is 5.92 Å². The molecule has 2 aliphatic rings. The molecule has 0 radical (unpaired) electrons. The molecule has 0 spiro atoms. The number of carbonyl (C=O) groups is 2. The fourth-order valence-electron chi connectivity index (χ4n) is 4.05. The molecule has 0 aromatic heterocycles. The number of rotatable bonds is 3. The van der Waals surface area contributed by atoms with Gasteiger partial charge in [-0.2, -0.15) is 0 Å². The minimum Gasteiger partial charge on any atom is -0.490 e. The monoisotopic (exact) mass is 402 g/mol. The molecule has 0 aliphatic carbocycles. The number of carbonyl (C=O) groups excluding carboxylic acids is 2. The first-order chi connectivity index (χ1) is 14.7. The van der Waals surface area contributed by atoms with Crippen LogP contribution in [0.25, 0.3) is 10.8 Å².